The summed E-state index contributed by atoms with van der Waals surface area (Å²) in [5, 5.41) is 3.15. The smallest absolute Gasteiger partial charge is 0.220 e. The lowest BCUT2D eigenvalue weighted by Gasteiger charge is -2.20. The minimum Gasteiger partial charge on any atom is -0.494 e. The third-order valence-electron chi connectivity index (χ3n) is 4.13. The first kappa shape index (κ1) is 17.7. The molecule has 0 atom stereocenters. The second-order valence-corrected chi connectivity index (χ2v) is 6.09. The van der Waals surface area contributed by atoms with Gasteiger partial charge in [0.05, 0.1) is 12.6 Å². The molecule has 0 aliphatic heterocycles. The van der Waals surface area contributed by atoms with Crippen LogP contribution in [0.15, 0.2) is 91.0 Å². The summed E-state index contributed by atoms with van der Waals surface area (Å²) in [4.78, 5) is 12.4. The molecule has 0 saturated carbocycles. The zero-order chi connectivity index (χ0) is 18.0. The van der Waals surface area contributed by atoms with Crippen molar-refractivity contribution in [2.24, 2.45) is 0 Å². The summed E-state index contributed by atoms with van der Waals surface area (Å²) in [5.41, 5.74) is 2.15. The van der Waals surface area contributed by atoms with Crippen LogP contribution in [-0.2, 0) is 4.79 Å². The van der Waals surface area contributed by atoms with Crippen LogP contribution in [0.25, 0.3) is 0 Å². The summed E-state index contributed by atoms with van der Waals surface area (Å²) in [7, 11) is 0. The van der Waals surface area contributed by atoms with Crippen LogP contribution in [-0.4, -0.2) is 12.5 Å². The molecule has 26 heavy (non-hydrogen) atoms. The van der Waals surface area contributed by atoms with Gasteiger partial charge in [0.15, 0.2) is 0 Å². The van der Waals surface area contributed by atoms with E-state index in [4.69, 9.17) is 4.74 Å². The number of nitrogens with one attached hydrogen (secondary N) is 1. The molecule has 0 fully saturated rings. The molecular formula is C23H23NO2. The molecule has 1 amide bonds. The fourth-order valence-electron chi connectivity index (χ4n) is 2.82. The quantitative estimate of drug-likeness (QED) is 0.598. The maximum atomic E-state index is 12.4. The Hall–Kier alpha value is -3.07. The molecule has 1 N–H and O–H groups in total. The van der Waals surface area contributed by atoms with E-state index >= 15 is 0 Å². The average molecular weight is 345 g/mol. The highest BCUT2D eigenvalue weighted by Gasteiger charge is 2.16. The predicted molar refractivity (Wildman–Crippen MR) is 104 cm³/mol. The first-order valence-electron chi connectivity index (χ1n) is 8.90. The molecule has 0 aromatic heterocycles. The van der Waals surface area contributed by atoms with Crippen molar-refractivity contribution < 1.29 is 9.53 Å². The van der Waals surface area contributed by atoms with Gasteiger partial charge >= 0.3 is 0 Å². The number of benzene rings is 3. The monoisotopic (exact) mass is 345 g/mol. The summed E-state index contributed by atoms with van der Waals surface area (Å²) < 4.78 is 5.65. The highest BCUT2D eigenvalue weighted by molar-refractivity contribution is 5.77. The van der Waals surface area contributed by atoms with E-state index in [0.717, 1.165) is 16.9 Å². The Morgan fingerprint density at radius 3 is 1.81 bits per heavy atom. The molecule has 0 aliphatic rings. The minimum absolute atomic E-state index is 0.0272. The van der Waals surface area contributed by atoms with E-state index < -0.39 is 0 Å². The molecule has 0 saturated heterocycles. The largest absolute Gasteiger partial charge is 0.494 e. The van der Waals surface area contributed by atoms with Gasteiger partial charge in [0.25, 0.3) is 0 Å². The van der Waals surface area contributed by atoms with Crippen molar-refractivity contribution >= 4 is 5.91 Å². The van der Waals surface area contributed by atoms with Crippen molar-refractivity contribution in [2.45, 2.75) is 18.9 Å². The molecule has 0 aliphatic carbocycles. The highest BCUT2D eigenvalue weighted by atomic mass is 16.5. The number of carbonyl (C=O) groups excluding carboxylic acids is 1. The third-order valence-corrected chi connectivity index (χ3v) is 4.13. The lowest BCUT2D eigenvalue weighted by molar-refractivity contribution is -0.121. The number of hydrogen-bond donors (Lipinski definition) is 1. The molecule has 3 nitrogen and oxygen atoms in total. The fourth-order valence-corrected chi connectivity index (χ4v) is 2.82. The first-order valence-corrected chi connectivity index (χ1v) is 8.90. The van der Waals surface area contributed by atoms with Crippen LogP contribution >= 0.6 is 0 Å². The van der Waals surface area contributed by atoms with Crippen LogP contribution in [0.4, 0.5) is 0 Å². The fraction of sp³-hybridized carbons (Fsp3) is 0.174. The molecule has 0 spiro atoms. The van der Waals surface area contributed by atoms with Gasteiger partial charge in [-0.15, -0.1) is 0 Å². The Labute approximate surface area is 154 Å². The number of para-hydroxylation sites is 1. The summed E-state index contributed by atoms with van der Waals surface area (Å²) in [6, 6.07) is 29.6. The van der Waals surface area contributed by atoms with Gasteiger partial charge in [-0.3, -0.25) is 4.79 Å². The summed E-state index contributed by atoms with van der Waals surface area (Å²) in [6.07, 6.45) is 1.11. The Morgan fingerprint density at radius 1 is 0.769 bits per heavy atom. The van der Waals surface area contributed by atoms with Crippen LogP contribution in [0, 0.1) is 0 Å². The molecule has 132 valence electrons. The SMILES string of the molecule is O=C(CCCOc1ccccc1)NC(c1ccccc1)c1ccccc1. The van der Waals surface area contributed by atoms with E-state index in [2.05, 4.69) is 5.32 Å². The Morgan fingerprint density at radius 2 is 1.27 bits per heavy atom. The van der Waals surface area contributed by atoms with E-state index in [1.54, 1.807) is 0 Å². The van der Waals surface area contributed by atoms with E-state index in [-0.39, 0.29) is 11.9 Å². The number of hydrogen-bond acceptors (Lipinski definition) is 2. The van der Waals surface area contributed by atoms with E-state index in [1.807, 2.05) is 91.0 Å². The normalized spacial score (nSPS) is 10.5. The molecule has 0 radical (unpaired) electrons. The summed E-state index contributed by atoms with van der Waals surface area (Å²) in [6.45, 7) is 0.527. The van der Waals surface area contributed by atoms with Gasteiger partial charge in [0, 0.05) is 6.42 Å². The zero-order valence-corrected chi connectivity index (χ0v) is 14.7. The molecule has 3 aromatic rings. The minimum atomic E-state index is -0.139. The maximum Gasteiger partial charge on any atom is 0.220 e. The van der Waals surface area contributed by atoms with Gasteiger partial charge in [-0.2, -0.15) is 0 Å². The van der Waals surface area contributed by atoms with Gasteiger partial charge in [-0.25, -0.2) is 0 Å². The molecule has 0 unspecified atom stereocenters. The van der Waals surface area contributed by atoms with Gasteiger partial charge in [-0.05, 0) is 29.7 Å². The third kappa shape index (κ3) is 5.21. The molecule has 0 heterocycles. The summed E-state index contributed by atoms with van der Waals surface area (Å²) in [5.74, 6) is 0.860. The lowest BCUT2D eigenvalue weighted by atomic mass is 9.98. The zero-order valence-electron chi connectivity index (χ0n) is 14.7. The molecule has 3 heteroatoms. The van der Waals surface area contributed by atoms with Crippen LogP contribution in [0.2, 0.25) is 0 Å². The predicted octanol–water partition coefficient (Wildman–Crippen LogP) is 4.75. The van der Waals surface area contributed by atoms with Crippen LogP contribution < -0.4 is 10.1 Å². The van der Waals surface area contributed by atoms with E-state index in [9.17, 15) is 4.79 Å². The maximum absolute atomic E-state index is 12.4. The molecule has 3 aromatic carbocycles. The first-order chi connectivity index (χ1) is 12.8. The standard InChI is InChI=1S/C23H23NO2/c25-22(17-10-18-26-21-15-8-3-9-16-21)24-23(19-11-4-1-5-12-19)20-13-6-2-7-14-20/h1-9,11-16,23H,10,17-18H2,(H,24,25). The van der Waals surface area contributed by atoms with Crippen LogP contribution in [0.1, 0.15) is 30.0 Å². The van der Waals surface area contributed by atoms with Gasteiger partial charge in [0.2, 0.25) is 5.91 Å². The number of ether oxygens (including phenoxy) is 1. The Balaban J connectivity index is 1.56. The topological polar surface area (TPSA) is 38.3 Å². The molecule has 0 bridgehead atoms. The van der Waals surface area contributed by atoms with E-state index in [0.29, 0.717) is 19.4 Å². The van der Waals surface area contributed by atoms with Crippen LogP contribution in [0.5, 0.6) is 5.75 Å². The van der Waals surface area contributed by atoms with Crippen molar-refractivity contribution in [3.05, 3.63) is 102 Å². The number of rotatable bonds is 8. The van der Waals surface area contributed by atoms with Crippen molar-refractivity contribution in [3.63, 3.8) is 0 Å². The van der Waals surface area contributed by atoms with Crippen molar-refractivity contribution in [1.82, 2.24) is 5.32 Å². The summed E-state index contributed by atoms with van der Waals surface area (Å²) >= 11 is 0. The van der Waals surface area contributed by atoms with Gasteiger partial charge in [0.1, 0.15) is 5.75 Å². The van der Waals surface area contributed by atoms with Crippen molar-refractivity contribution in [3.8, 4) is 5.75 Å². The highest BCUT2D eigenvalue weighted by Crippen LogP contribution is 2.22. The molecule has 3 rings (SSSR count). The van der Waals surface area contributed by atoms with Gasteiger partial charge in [-0.1, -0.05) is 78.9 Å². The Bertz CT molecular complexity index is 749. The molecular weight excluding hydrogens is 322 g/mol. The van der Waals surface area contributed by atoms with Crippen LogP contribution in [0.3, 0.4) is 0 Å². The van der Waals surface area contributed by atoms with Crippen molar-refractivity contribution in [1.29, 1.82) is 0 Å². The van der Waals surface area contributed by atoms with Gasteiger partial charge < -0.3 is 10.1 Å². The Kier molecular flexibility index (Phi) is 6.43. The second kappa shape index (κ2) is 9.42. The van der Waals surface area contributed by atoms with E-state index in [1.165, 1.54) is 0 Å². The number of carbonyl (C=O) groups is 1. The second-order valence-electron chi connectivity index (χ2n) is 6.09. The number of amides is 1. The lowest BCUT2D eigenvalue weighted by Crippen LogP contribution is -2.29. The van der Waals surface area contributed by atoms with Crippen molar-refractivity contribution in [2.75, 3.05) is 6.61 Å². The average Bonchev–Trinajstić information content (AvgIpc) is 2.71.